The van der Waals surface area contributed by atoms with E-state index in [1.54, 1.807) is 22.7 Å². The molecule has 0 fully saturated rings. The van der Waals surface area contributed by atoms with Gasteiger partial charge < -0.3 is 4.79 Å². The molecular weight excluding hydrogens is 244 g/mol. The van der Waals surface area contributed by atoms with Crippen LogP contribution in [0.5, 0.6) is 0 Å². The Labute approximate surface area is 102 Å². The number of thiophene rings is 2. The Hall–Kier alpha value is -0.580. The lowest BCUT2D eigenvalue weighted by Gasteiger charge is -2.23. The van der Waals surface area contributed by atoms with E-state index >= 15 is 0 Å². The van der Waals surface area contributed by atoms with Gasteiger partial charge in [0.25, 0.3) is 0 Å². The highest BCUT2D eigenvalue weighted by Gasteiger charge is 2.31. The first-order valence-corrected chi connectivity index (χ1v) is 6.72. The summed E-state index contributed by atoms with van der Waals surface area (Å²) in [6.07, 6.45) is 1.35. The molecule has 0 aliphatic heterocycles. The lowest BCUT2D eigenvalue weighted by Crippen LogP contribution is -2.18. The number of hydrogen-bond donors (Lipinski definition) is 1. The lowest BCUT2D eigenvalue weighted by atomic mass is 10.0. The van der Waals surface area contributed by atoms with E-state index < -0.39 is 4.75 Å². The van der Waals surface area contributed by atoms with Gasteiger partial charge in [-0.2, -0.15) is 12.6 Å². The second-order valence-electron chi connectivity index (χ2n) is 3.19. The van der Waals surface area contributed by atoms with Crippen LogP contribution in [0.1, 0.15) is 16.2 Å². The molecule has 15 heavy (non-hydrogen) atoms. The van der Waals surface area contributed by atoms with Crippen molar-refractivity contribution in [2.45, 2.75) is 11.2 Å². The van der Waals surface area contributed by atoms with Crippen molar-refractivity contribution in [1.29, 1.82) is 0 Å². The van der Waals surface area contributed by atoms with Crippen molar-refractivity contribution in [3.8, 4) is 0 Å². The third kappa shape index (κ3) is 2.02. The first-order valence-electron chi connectivity index (χ1n) is 4.51. The van der Waals surface area contributed by atoms with Gasteiger partial charge in [0.05, 0.1) is 4.75 Å². The van der Waals surface area contributed by atoms with Crippen LogP contribution in [0.15, 0.2) is 35.0 Å². The van der Waals surface area contributed by atoms with E-state index in [2.05, 4.69) is 0 Å². The Morgan fingerprint density at radius 1 is 1.20 bits per heavy atom. The van der Waals surface area contributed by atoms with E-state index in [9.17, 15) is 4.79 Å². The fourth-order valence-corrected chi connectivity index (χ4v) is 3.77. The van der Waals surface area contributed by atoms with Crippen LogP contribution in [0, 0.1) is 0 Å². The quantitative estimate of drug-likeness (QED) is 0.652. The van der Waals surface area contributed by atoms with Gasteiger partial charge in [0, 0.05) is 16.2 Å². The molecule has 0 aliphatic rings. The molecule has 0 amide bonds. The zero-order valence-electron chi connectivity index (χ0n) is 7.92. The van der Waals surface area contributed by atoms with Crippen molar-refractivity contribution in [2.24, 2.45) is 0 Å². The van der Waals surface area contributed by atoms with Crippen LogP contribution in [0.4, 0.5) is 0 Å². The van der Waals surface area contributed by atoms with Crippen LogP contribution in [-0.2, 0) is 9.54 Å². The van der Waals surface area contributed by atoms with Crippen LogP contribution in [0.3, 0.4) is 0 Å². The van der Waals surface area contributed by atoms with Gasteiger partial charge in [-0.3, -0.25) is 0 Å². The molecule has 0 aromatic carbocycles. The fraction of sp³-hybridized carbons (Fsp3) is 0.182. The van der Waals surface area contributed by atoms with Gasteiger partial charge in [0.15, 0.2) is 0 Å². The summed E-state index contributed by atoms with van der Waals surface area (Å²) in [6, 6.07) is 8.04. The van der Waals surface area contributed by atoms with Crippen molar-refractivity contribution in [3.63, 3.8) is 0 Å². The molecule has 4 heteroatoms. The smallest absolute Gasteiger partial charge is 0.122 e. The maximum atomic E-state index is 10.8. The summed E-state index contributed by atoms with van der Waals surface area (Å²) in [7, 11) is 0. The minimum absolute atomic E-state index is 0.414. The summed E-state index contributed by atoms with van der Waals surface area (Å²) < 4.78 is -0.440. The van der Waals surface area contributed by atoms with Crippen molar-refractivity contribution in [2.75, 3.05) is 0 Å². The van der Waals surface area contributed by atoms with Gasteiger partial charge in [-0.1, -0.05) is 12.1 Å². The van der Waals surface area contributed by atoms with Crippen LogP contribution in [-0.4, -0.2) is 6.29 Å². The molecule has 0 atom stereocenters. The summed E-state index contributed by atoms with van der Waals surface area (Å²) in [5.74, 6) is 0. The summed E-state index contributed by atoms with van der Waals surface area (Å²) >= 11 is 7.98. The van der Waals surface area contributed by atoms with Crippen LogP contribution >= 0.6 is 35.3 Å². The molecule has 0 saturated heterocycles. The molecule has 2 aromatic heterocycles. The number of thiol groups is 1. The number of aldehydes is 1. The maximum absolute atomic E-state index is 10.8. The monoisotopic (exact) mass is 254 g/mol. The lowest BCUT2D eigenvalue weighted by molar-refractivity contribution is -0.108. The van der Waals surface area contributed by atoms with E-state index in [1.165, 1.54) is 0 Å². The second kappa shape index (κ2) is 4.51. The first kappa shape index (κ1) is 10.9. The van der Waals surface area contributed by atoms with E-state index in [1.807, 2.05) is 35.0 Å². The third-order valence-electron chi connectivity index (χ3n) is 2.24. The summed E-state index contributed by atoms with van der Waals surface area (Å²) in [5.41, 5.74) is 0. The fourth-order valence-electron chi connectivity index (χ4n) is 1.47. The predicted octanol–water partition coefficient (Wildman–Crippen LogP) is 3.57. The van der Waals surface area contributed by atoms with Gasteiger partial charge in [-0.25, -0.2) is 0 Å². The molecule has 2 rings (SSSR count). The largest absolute Gasteiger partial charge is 0.303 e. The Balaban J connectivity index is 2.45. The Bertz CT molecular complexity index is 382. The highest BCUT2D eigenvalue weighted by atomic mass is 32.1. The van der Waals surface area contributed by atoms with Gasteiger partial charge in [0.2, 0.25) is 0 Å². The molecule has 78 valence electrons. The highest BCUT2D eigenvalue weighted by molar-refractivity contribution is 7.82. The van der Waals surface area contributed by atoms with E-state index in [4.69, 9.17) is 12.6 Å². The van der Waals surface area contributed by atoms with Crippen molar-refractivity contribution < 1.29 is 4.79 Å². The van der Waals surface area contributed by atoms with Gasteiger partial charge in [-0.15, -0.1) is 22.7 Å². The second-order valence-corrected chi connectivity index (χ2v) is 5.84. The van der Waals surface area contributed by atoms with E-state index in [0.717, 1.165) is 16.0 Å². The minimum Gasteiger partial charge on any atom is -0.303 e. The number of hydrogen-bond acceptors (Lipinski definition) is 4. The van der Waals surface area contributed by atoms with Crippen LogP contribution in [0.25, 0.3) is 0 Å². The molecule has 0 saturated carbocycles. The molecule has 2 aromatic rings. The zero-order chi connectivity index (χ0) is 10.7. The SMILES string of the molecule is O=CCC(S)(c1cccs1)c1cccs1. The van der Waals surface area contributed by atoms with Crippen molar-refractivity contribution in [3.05, 3.63) is 44.8 Å². The van der Waals surface area contributed by atoms with E-state index in [0.29, 0.717) is 6.42 Å². The normalized spacial score (nSPS) is 11.5. The molecule has 0 unspecified atom stereocenters. The number of carbonyl (C=O) groups excluding carboxylic acids is 1. The molecule has 0 aliphatic carbocycles. The van der Waals surface area contributed by atoms with Crippen LogP contribution < -0.4 is 0 Å². The molecule has 0 N–H and O–H groups in total. The highest BCUT2D eigenvalue weighted by Crippen LogP contribution is 2.43. The minimum atomic E-state index is -0.440. The average molecular weight is 254 g/mol. The summed E-state index contributed by atoms with van der Waals surface area (Å²) in [5, 5.41) is 4.03. The Kier molecular flexibility index (Phi) is 3.29. The maximum Gasteiger partial charge on any atom is 0.122 e. The Morgan fingerprint density at radius 2 is 1.73 bits per heavy atom. The van der Waals surface area contributed by atoms with Gasteiger partial charge in [-0.05, 0) is 22.9 Å². The summed E-state index contributed by atoms with van der Waals surface area (Å²) in [4.78, 5) is 13.0. The molecule has 0 spiro atoms. The standard InChI is InChI=1S/C11H10OS3/c12-6-5-11(13,9-3-1-7-14-9)10-4-2-8-15-10/h1-4,6-8,13H,5H2. The summed E-state index contributed by atoms with van der Waals surface area (Å²) in [6.45, 7) is 0. The predicted molar refractivity (Wildman–Crippen MR) is 69.1 cm³/mol. The number of rotatable bonds is 4. The zero-order valence-corrected chi connectivity index (χ0v) is 10.4. The van der Waals surface area contributed by atoms with E-state index in [-0.39, 0.29) is 0 Å². The molecule has 2 heterocycles. The first-order chi connectivity index (χ1) is 7.27. The average Bonchev–Trinajstić information content (AvgIpc) is 2.92. The Morgan fingerprint density at radius 3 is 2.07 bits per heavy atom. The van der Waals surface area contributed by atoms with Crippen molar-refractivity contribution >= 4 is 41.6 Å². The molecule has 0 bridgehead atoms. The molecule has 1 nitrogen and oxygen atoms in total. The van der Waals surface area contributed by atoms with Gasteiger partial charge >= 0.3 is 0 Å². The topological polar surface area (TPSA) is 17.1 Å². The third-order valence-corrected chi connectivity index (χ3v) is 5.27. The molecular formula is C11H10OS3. The van der Waals surface area contributed by atoms with Crippen LogP contribution in [0.2, 0.25) is 0 Å². The number of carbonyl (C=O) groups is 1. The van der Waals surface area contributed by atoms with Gasteiger partial charge in [0.1, 0.15) is 6.29 Å². The van der Waals surface area contributed by atoms with Crippen molar-refractivity contribution in [1.82, 2.24) is 0 Å². The molecule has 0 radical (unpaired) electrons.